The number of thiophene rings is 1. The topological polar surface area (TPSA) is 73.9 Å². The number of amides is 1. The number of benzene rings is 2. The number of ether oxygens (including phenoxy) is 3. The number of anilines is 1. The molecule has 0 unspecified atom stereocenters. The van der Waals surface area contributed by atoms with E-state index in [2.05, 4.69) is 11.4 Å². The molecule has 178 valence electrons. The monoisotopic (exact) mass is 479 g/mol. The van der Waals surface area contributed by atoms with E-state index in [-0.39, 0.29) is 12.5 Å². The van der Waals surface area contributed by atoms with Gasteiger partial charge in [0.25, 0.3) is 0 Å². The smallest absolute Gasteiger partial charge is 0.341 e. The van der Waals surface area contributed by atoms with Crippen LogP contribution in [-0.2, 0) is 9.53 Å². The minimum Gasteiger partial charge on any atom is -0.493 e. The first-order chi connectivity index (χ1) is 16.4. The summed E-state index contributed by atoms with van der Waals surface area (Å²) in [4.78, 5) is 25.5. The van der Waals surface area contributed by atoms with Gasteiger partial charge in [-0.05, 0) is 62.6 Å². The Kier molecular flexibility index (Phi) is 8.49. The molecule has 7 heteroatoms. The molecule has 1 N–H and O–H groups in total. The van der Waals surface area contributed by atoms with Crippen molar-refractivity contribution in [1.82, 2.24) is 0 Å². The van der Waals surface area contributed by atoms with Gasteiger partial charge < -0.3 is 19.5 Å². The zero-order chi connectivity index (χ0) is 24.7. The van der Waals surface area contributed by atoms with Crippen molar-refractivity contribution in [1.29, 1.82) is 0 Å². The van der Waals surface area contributed by atoms with Gasteiger partial charge in [-0.3, -0.25) is 4.79 Å². The Balaban J connectivity index is 1.86. The van der Waals surface area contributed by atoms with E-state index in [1.54, 1.807) is 32.2 Å². The van der Waals surface area contributed by atoms with E-state index in [9.17, 15) is 9.59 Å². The number of hydrogen-bond acceptors (Lipinski definition) is 6. The Bertz CT molecular complexity index is 1210. The van der Waals surface area contributed by atoms with E-state index in [0.717, 1.165) is 27.8 Å². The lowest BCUT2D eigenvalue weighted by Gasteiger charge is -2.10. The van der Waals surface area contributed by atoms with Gasteiger partial charge in [-0.25, -0.2) is 4.79 Å². The minimum atomic E-state index is -0.464. The number of aryl methyl sites for hydroxylation is 2. The summed E-state index contributed by atoms with van der Waals surface area (Å²) in [5, 5.41) is 5.16. The zero-order valence-corrected chi connectivity index (χ0v) is 20.9. The van der Waals surface area contributed by atoms with E-state index in [1.165, 1.54) is 17.4 Å². The summed E-state index contributed by atoms with van der Waals surface area (Å²) in [6.07, 6.45) is 3.09. The first-order valence-corrected chi connectivity index (χ1v) is 11.9. The molecule has 0 atom stereocenters. The van der Waals surface area contributed by atoms with Crippen molar-refractivity contribution in [2.45, 2.75) is 27.7 Å². The average Bonchev–Trinajstić information content (AvgIpc) is 3.21. The van der Waals surface area contributed by atoms with Crippen LogP contribution in [0.5, 0.6) is 11.5 Å². The quantitative estimate of drug-likeness (QED) is 0.289. The minimum absolute atomic E-state index is 0.244. The fourth-order valence-corrected chi connectivity index (χ4v) is 4.51. The molecule has 1 amide bonds. The van der Waals surface area contributed by atoms with Crippen LogP contribution in [-0.4, -0.2) is 32.2 Å². The van der Waals surface area contributed by atoms with Crippen LogP contribution in [0.25, 0.3) is 17.2 Å². The summed E-state index contributed by atoms with van der Waals surface area (Å²) in [5.74, 6) is 0.412. The van der Waals surface area contributed by atoms with Crippen LogP contribution in [0.3, 0.4) is 0 Å². The van der Waals surface area contributed by atoms with Gasteiger partial charge in [-0.2, -0.15) is 0 Å². The molecule has 6 nitrogen and oxygen atoms in total. The number of hydrogen-bond donors (Lipinski definition) is 1. The molecule has 1 heterocycles. The highest BCUT2D eigenvalue weighted by molar-refractivity contribution is 7.15. The fraction of sp³-hybridized carbons (Fsp3) is 0.259. The van der Waals surface area contributed by atoms with Gasteiger partial charge in [0.1, 0.15) is 10.6 Å². The Morgan fingerprint density at radius 3 is 2.47 bits per heavy atom. The van der Waals surface area contributed by atoms with Crippen LogP contribution in [0.1, 0.15) is 40.9 Å². The molecule has 0 radical (unpaired) electrons. The van der Waals surface area contributed by atoms with Crippen LogP contribution in [0.15, 0.2) is 47.9 Å². The van der Waals surface area contributed by atoms with E-state index in [4.69, 9.17) is 14.2 Å². The Hall–Kier alpha value is -3.58. The molecule has 3 rings (SSSR count). The standard InChI is InChI=1S/C27H29NO5S/c1-6-32-22-12-9-19(15-23(22)31-5)10-13-24(29)28-26-25(27(30)33-7-2)21(16-34-26)20-11-8-17(3)14-18(20)4/h8-16H,6-7H2,1-5H3,(H,28,29)/b13-10+. The fourth-order valence-electron chi connectivity index (χ4n) is 3.56. The number of esters is 1. The SMILES string of the molecule is CCOC(=O)c1c(-c2ccc(C)cc2C)csc1NC(=O)/C=C/c1ccc(OCC)c(OC)c1. The highest BCUT2D eigenvalue weighted by atomic mass is 32.1. The van der Waals surface area contributed by atoms with Crippen molar-refractivity contribution in [3.63, 3.8) is 0 Å². The largest absolute Gasteiger partial charge is 0.493 e. The van der Waals surface area contributed by atoms with Crippen LogP contribution in [0.4, 0.5) is 5.00 Å². The van der Waals surface area contributed by atoms with Crippen molar-refractivity contribution in [2.75, 3.05) is 25.6 Å². The summed E-state index contributed by atoms with van der Waals surface area (Å²) in [7, 11) is 1.57. The van der Waals surface area contributed by atoms with Crippen molar-refractivity contribution >= 4 is 34.3 Å². The first kappa shape index (κ1) is 25.1. The average molecular weight is 480 g/mol. The Labute approximate surface area is 204 Å². The highest BCUT2D eigenvalue weighted by Gasteiger charge is 2.23. The van der Waals surface area contributed by atoms with E-state index in [0.29, 0.717) is 28.7 Å². The van der Waals surface area contributed by atoms with Gasteiger partial charge >= 0.3 is 5.97 Å². The number of methoxy groups -OCH3 is 1. The molecule has 0 fully saturated rings. The summed E-state index contributed by atoms with van der Waals surface area (Å²) in [6.45, 7) is 8.45. The van der Waals surface area contributed by atoms with Crippen molar-refractivity contribution in [3.8, 4) is 22.6 Å². The highest BCUT2D eigenvalue weighted by Crippen LogP contribution is 2.38. The van der Waals surface area contributed by atoms with Crippen LogP contribution >= 0.6 is 11.3 Å². The predicted molar refractivity (Wildman–Crippen MR) is 137 cm³/mol. The molecule has 0 aliphatic carbocycles. The maximum absolute atomic E-state index is 12.8. The normalized spacial score (nSPS) is 10.9. The molecule has 2 aromatic carbocycles. The molecular weight excluding hydrogens is 450 g/mol. The van der Waals surface area contributed by atoms with E-state index >= 15 is 0 Å². The molecule has 34 heavy (non-hydrogen) atoms. The summed E-state index contributed by atoms with van der Waals surface area (Å²) >= 11 is 1.30. The second-order valence-electron chi connectivity index (χ2n) is 7.56. The van der Waals surface area contributed by atoms with Gasteiger partial charge in [0, 0.05) is 17.0 Å². The maximum Gasteiger partial charge on any atom is 0.341 e. The number of nitrogens with one attached hydrogen (secondary N) is 1. The lowest BCUT2D eigenvalue weighted by atomic mass is 9.97. The van der Waals surface area contributed by atoms with Crippen molar-refractivity contribution < 1.29 is 23.8 Å². The Morgan fingerprint density at radius 1 is 1.00 bits per heavy atom. The molecular formula is C27H29NO5S. The molecule has 0 aliphatic rings. The van der Waals surface area contributed by atoms with Crippen LogP contribution in [0.2, 0.25) is 0 Å². The predicted octanol–water partition coefficient (Wildman–Crippen LogP) is 6.27. The molecule has 0 bridgehead atoms. The molecule has 0 saturated carbocycles. The third-order valence-corrected chi connectivity index (χ3v) is 5.99. The van der Waals surface area contributed by atoms with Crippen molar-refractivity contribution in [2.24, 2.45) is 0 Å². The van der Waals surface area contributed by atoms with Crippen LogP contribution < -0.4 is 14.8 Å². The molecule has 0 aliphatic heterocycles. The summed E-state index contributed by atoms with van der Waals surface area (Å²) < 4.78 is 16.2. The number of carbonyl (C=O) groups is 2. The van der Waals surface area contributed by atoms with Gasteiger partial charge in [0.05, 0.1) is 20.3 Å². The lowest BCUT2D eigenvalue weighted by molar-refractivity contribution is -0.111. The first-order valence-electron chi connectivity index (χ1n) is 11.0. The third kappa shape index (κ3) is 5.85. The van der Waals surface area contributed by atoms with Gasteiger partial charge in [0.15, 0.2) is 11.5 Å². The lowest BCUT2D eigenvalue weighted by Crippen LogP contribution is -2.12. The van der Waals surface area contributed by atoms with Gasteiger partial charge in [-0.15, -0.1) is 11.3 Å². The summed E-state index contributed by atoms with van der Waals surface area (Å²) in [5.41, 5.74) is 5.01. The van der Waals surface area contributed by atoms with Crippen LogP contribution in [0, 0.1) is 13.8 Å². The molecule has 0 spiro atoms. The second kappa shape index (κ2) is 11.5. The number of carbonyl (C=O) groups excluding carboxylic acids is 2. The second-order valence-corrected chi connectivity index (χ2v) is 8.44. The zero-order valence-electron chi connectivity index (χ0n) is 20.1. The molecule has 0 saturated heterocycles. The molecule has 3 aromatic rings. The van der Waals surface area contributed by atoms with E-state index in [1.807, 2.05) is 44.4 Å². The maximum atomic E-state index is 12.8. The Morgan fingerprint density at radius 2 is 1.79 bits per heavy atom. The third-order valence-electron chi connectivity index (χ3n) is 5.09. The van der Waals surface area contributed by atoms with Gasteiger partial charge in [-0.1, -0.05) is 29.8 Å². The van der Waals surface area contributed by atoms with Crippen molar-refractivity contribution in [3.05, 3.63) is 70.1 Å². The number of rotatable bonds is 9. The van der Waals surface area contributed by atoms with Gasteiger partial charge in [0.2, 0.25) is 5.91 Å². The summed E-state index contributed by atoms with van der Waals surface area (Å²) in [6, 6.07) is 11.5. The van der Waals surface area contributed by atoms with E-state index < -0.39 is 5.97 Å². The molecule has 1 aromatic heterocycles.